The molecule has 0 bridgehead atoms. The Labute approximate surface area is 87.1 Å². The maximum absolute atomic E-state index is 12.6. The fraction of sp³-hybridized carbons (Fsp3) is 0.455. The lowest BCUT2D eigenvalue weighted by Gasteiger charge is -2.15. The van der Waals surface area contributed by atoms with E-state index in [9.17, 15) is 13.2 Å². The van der Waals surface area contributed by atoms with E-state index in [4.69, 9.17) is 5.73 Å². The van der Waals surface area contributed by atoms with Gasteiger partial charge in [0.2, 0.25) is 0 Å². The van der Waals surface area contributed by atoms with Crippen molar-refractivity contribution in [2.45, 2.75) is 19.5 Å². The van der Waals surface area contributed by atoms with Crippen molar-refractivity contribution in [3.8, 4) is 0 Å². The van der Waals surface area contributed by atoms with Crippen molar-refractivity contribution in [1.82, 2.24) is 0 Å². The van der Waals surface area contributed by atoms with Gasteiger partial charge in [-0.25, -0.2) is 0 Å². The predicted octanol–water partition coefficient (Wildman–Crippen LogP) is 2.84. The second-order valence-electron chi connectivity index (χ2n) is 3.70. The van der Waals surface area contributed by atoms with Crippen molar-refractivity contribution < 1.29 is 13.2 Å². The zero-order valence-corrected chi connectivity index (χ0v) is 8.51. The molecular formula is C11H14F3N. The zero-order chi connectivity index (χ0) is 11.5. The van der Waals surface area contributed by atoms with Crippen molar-refractivity contribution in [3.05, 3.63) is 35.4 Å². The molecule has 1 aromatic rings. The van der Waals surface area contributed by atoms with Crippen LogP contribution in [0.3, 0.4) is 0 Å². The van der Waals surface area contributed by atoms with Crippen LogP contribution in [0.4, 0.5) is 13.2 Å². The Bertz CT molecular complexity index is 320. The van der Waals surface area contributed by atoms with Gasteiger partial charge in [0.25, 0.3) is 0 Å². The highest BCUT2D eigenvalue weighted by atomic mass is 19.4. The Morgan fingerprint density at radius 1 is 1.27 bits per heavy atom. The topological polar surface area (TPSA) is 26.0 Å². The molecule has 1 nitrogen and oxygen atoms in total. The Balaban J connectivity index is 2.97. The van der Waals surface area contributed by atoms with Gasteiger partial charge in [-0.2, -0.15) is 13.2 Å². The SMILES string of the molecule is C[C@H](CN)Cc1ccccc1C(F)(F)F. The van der Waals surface area contributed by atoms with E-state index in [1.807, 2.05) is 6.92 Å². The van der Waals surface area contributed by atoms with Gasteiger partial charge in [0.1, 0.15) is 0 Å². The molecule has 0 aliphatic rings. The van der Waals surface area contributed by atoms with Gasteiger partial charge < -0.3 is 5.73 Å². The molecule has 0 spiro atoms. The van der Waals surface area contributed by atoms with Gasteiger partial charge in [-0.3, -0.25) is 0 Å². The Kier molecular flexibility index (Phi) is 3.74. The first-order valence-electron chi connectivity index (χ1n) is 4.80. The third kappa shape index (κ3) is 3.23. The van der Waals surface area contributed by atoms with Crippen LogP contribution in [0, 0.1) is 5.92 Å². The summed E-state index contributed by atoms with van der Waals surface area (Å²) in [5.74, 6) is 0.0634. The highest BCUT2D eigenvalue weighted by Gasteiger charge is 2.32. The molecule has 0 fully saturated rings. The standard InChI is InChI=1S/C11H14F3N/c1-8(7-15)6-9-4-2-3-5-10(9)11(12,13)14/h2-5,8H,6-7,15H2,1H3/t8-/m0/s1. The number of alkyl halides is 3. The summed E-state index contributed by atoms with van der Waals surface area (Å²) in [5.41, 5.74) is 5.17. The number of benzene rings is 1. The number of nitrogens with two attached hydrogens (primary N) is 1. The van der Waals surface area contributed by atoms with E-state index in [2.05, 4.69) is 0 Å². The Hall–Kier alpha value is -1.03. The van der Waals surface area contributed by atoms with Crippen LogP contribution < -0.4 is 5.73 Å². The predicted molar refractivity (Wildman–Crippen MR) is 53.4 cm³/mol. The van der Waals surface area contributed by atoms with Gasteiger partial charge in [-0.15, -0.1) is 0 Å². The fourth-order valence-corrected chi connectivity index (χ4v) is 1.43. The van der Waals surface area contributed by atoms with Crippen LogP contribution in [0.5, 0.6) is 0 Å². The summed E-state index contributed by atoms with van der Waals surface area (Å²) in [6.45, 7) is 2.24. The summed E-state index contributed by atoms with van der Waals surface area (Å²) in [5, 5.41) is 0. The lowest BCUT2D eigenvalue weighted by molar-refractivity contribution is -0.138. The lowest BCUT2D eigenvalue weighted by Crippen LogP contribution is -2.16. The third-order valence-electron chi connectivity index (χ3n) is 2.29. The smallest absolute Gasteiger partial charge is 0.330 e. The van der Waals surface area contributed by atoms with Gasteiger partial charge in [0, 0.05) is 0 Å². The molecule has 2 N–H and O–H groups in total. The van der Waals surface area contributed by atoms with Gasteiger partial charge >= 0.3 is 6.18 Å². The molecule has 84 valence electrons. The first-order valence-corrected chi connectivity index (χ1v) is 4.80. The van der Waals surface area contributed by atoms with Crippen LogP contribution in [0.1, 0.15) is 18.1 Å². The Morgan fingerprint density at radius 3 is 2.40 bits per heavy atom. The van der Waals surface area contributed by atoms with E-state index in [0.29, 0.717) is 18.5 Å². The molecule has 1 aromatic carbocycles. The van der Waals surface area contributed by atoms with Crippen molar-refractivity contribution in [2.24, 2.45) is 11.7 Å². The maximum atomic E-state index is 12.6. The van der Waals surface area contributed by atoms with E-state index in [1.165, 1.54) is 12.1 Å². The summed E-state index contributed by atoms with van der Waals surface area (Å²) in [6, 6.07) is 5.64. The number of halogens is 3. The summed E-state index contributed by atoms with van der Waals surface area (Å²) in [7, 11) is 0. The Morgan fingerprint density at radius 2 is 1.87 bits per heavy atom. The second-order valence-corrected chi connectivity index (χ2v) is 3.70. The van der Waals surface area contributed by atoms with Gasteiger partial charge in [-0.1, -0.05) is 25.1 Å². The van der Waals surface area contributed by atoms with E-state index >= 15 is 0 Å². The monoisotopic (exact) mass is 217 g/mol. The average molecular weight is 217 g/mol. The van der Waals surface area contributed by atoms with E-state index in [0.717, 1.165) is 6.07 Å². The molecule has 0 radical (unpaired) electrons. The number of rotatable bonds is 3. The molecule has 0 unspecified atom stereocenters. The molecule has 1 rings (SSSR count). The summed E-state index contributed by atoms with van der Waals surface area (Å²) >= 11 is 0. The van der Waals surface area contributed by atoms with Crippen molar-refractivity contribution in [1.29, 1.82) is 0 Å². The highest BCUT2D eigenvalue weighted by Crippen LogP contribution is 2.32. The fourth-order valence-electron chi connectivity index (χ4n) is 1.43. The van der Waals surface area contributed by atoms with E-state index < -0.39 is 11.7 Å². The number of hydrogen-bond acceptors (Lipinski definition) is 1. The molecule has 15 heavy (non-hydrogen) atoms. The molecule has 0 aliphatic carbocycles. The van der Waals surface area contributed by atoms with Gasteiger partial charge in [0.05, 0.1) is 5.56 Å². The summed E-state index contributed by atoms with van der Waals surface area (Å²) in [6.07, 6.45) is -3.91. The molecule has 0 aliphatic heterocycles. The largest absolute Gasteiger partial charge is 0.416 e. The molecular weight excluding hydrogens is 203 g/mol. The van der Waals surface area contributed by atoms with Crippen molar-refractivity contribution in [2.75, 3.05) is 6.54 Å². The van der Waals surface area contributed by atoms with Gasteiger partial charge in [0.15, 0.2) is 0 Å². The van der Waals surface area contributed by atoms with E-state index in [-0.39, 0.29) is 5.92 Å². The average Bonchev–Trinajstić information content (AvgIpc) is 2.17. The molecule has 0 aromatic heterocycles. The van der Waals surface area contributed by atoms with Crippen LogP contribution in [-0.4, -0.2) is 6.54 Å². The van der Waals surface area contributed by atoms with Crippen LogP contribution >= 0.6 is 0 Å². The van der Waals surface area contributed by atoms with Crippen LogP contribution in [-0.2, 0) is 12.6 Å². The lowest BCUT2D eigenvalue weighted by atomic mass is 9.97. The summed E-state index contributed by atoms with van der Waals surface area (Å²) in [4.78, 5) is 0. The first kappa shape index (κ1) is 12.0. The van der Waals surface area contributed by atoms with Crippen molar-refractivity contribution >= 4 is 0 Å². The van der Waals surface area contributed by atoms with E-state index in [1.54, 1.807) is 6.07 Å². The normalized spacial score (nSPS) is 13.9. The molecule has 0 amide bonds. The van der Waals surface area contributed by atoms with Gasteiger partial charge in [-0.05, 0) is 30.5 Å². The zero-order valence-electron chi connectivity index (χ0n) is 8.51. The minimum Gasteiger partial charge on any atom is -0.330 e. The maximum Gasteiger partial charge on any atom is 0.416 e. The molecule has 4 heteroatoms. The minimum atomic E-state index is -4.27. The van der Waals surface area contributed by atoms with Crippen molar-refractivity contribution in [3.63, 3.8) is 0 Å². The first-order chi connectivity index (χ1) is 6.95. The molecule has 0 saturated carbocycles. The minimum absolute atomic E-state index is 0.0634. The van der Waals surface area contributed by atoms with Crippen LogP contribution in [0.25, 0.3) is 0 Å². The third-order valence-corrected chi connectivity index (χ3v) is 2.29. The quantitative estimate of drug-likeness (QED) is 0.827. The molecule has 0 heterocycles. The second kappa shape index (κ2) is 4.66. The molecule has 0 saturated heterocycles. The number of hydrogen-bond donors (Lipinski definition) is 1. The summed E-state index contributed by atoms with van der Waals surface area (Å²) < 4.78 is 37.7. The highest BCUT2D eigenvalue weighted by molar-refractivity contribution is 5.29. The van der Waals surface area contributed by atoms with Crippen LogP contribution in [0.15, 0.2) is 24.3 Å². The van der Waals surface area contributed by atoms with Crippen LogP contribution in [0.2, 0.25) is 0 Å². The molecule has 1 atom stereocenters.